The van der Waals surface area contributed by atoms with Gasteiger partial charge in [-0.25, -0.2) is 0 Å². The topological polar surface area (TPSA) is 62.9 Å². The molecular weight excluding hydrogens is 330 g/mol. The Balaban J connectivity index is -0.000000230. The van der Waals surface area contributed by atoms with E-state index in [-0.39, 0.29) is 0 Å². The van der Waals surface area contributed by atoms with E-state index in [1.807, 2.05) is 27.7 Å². The Hall–Kier alpha value is 1.23. The Kier molecular flexibility index (Phi) is 32.9. The van der Waals surface area contributed by atoms with Crippen molar-refractivity contribution in [3.63, 3.8) is 0 Å². The van der Waals surface area contributed by atoms with Gasteiger partial charge < -0.3 is 5.73 Å². The second-order valence-electron chi connectivity index (χ2n) is 3.50. The first-order valence-corrected chi connectivity index (χ1v) is 13.1. The number of hydrogen-bond donors (Lipinski definition) is 1. The van der Waals surface area contributed by atoms with Gasteiger partial charge in [0.1, 0.15) is 0 Å². The number of nitrogens with two attached hydrogens (primary N) is 1. The monoisotopic (exact) mass is 365 g/mol. The fraction of sp³-hybridized carbons (Fsp3) is 1.00. The van der Waals surface area contributed by atoms with Gasteiger partial charge >= 0.3 is 115 Å². The standard InChI is InChI=1S/C3H9N.4C2H5O.2CH3.2Ti/c1-2-3-4;4*1-2-3;;;;/h2-4H2,1H3;4*2H2,1H3;2*1H3;;/q;4*-1;;;2*+2. The average Bonchev–Trinajstić information content (AvgIpc) is 2.41. The molecule has 0 amide bonds. The maximum atomic E-state index is 5.23. The van der Waals surface area contributed by atoms with E-state index in [9.17, 15) is 0 Å². The van der Waals surface area contributed by atoms with Crippen LogP contribution in [-0.2, 0) is 50.6 Å². The van der Waals surface area contributed by atoms with Crippen LogP contribution in [0.5, 0.6) is 0 Å². The van der Waals surface area contributed by atoms with Gasteiger partial charge in [0.2, 0.25) is 0 Å². The summed E-state index contributed by atoms with van der Waals surface area (Å²) in [6.45, 7) is 14.0. The van der Waals surface area contributed by atoms with Crippen LogP contribution in [0.15, 0.2) is 0 Å². The van der Waals surface area contributed by atoms with Gasteiger partial charge in [-0.1, -0.05) is 6.92 Å². The quantitative estimate of drug-likeness (QED) is 0.634. The summed E-state index contributed by atoms with van der Waals surface area (Å²) in [6, 6.07) is 0. The van der Waals surface area contributed by atoms with Crippen LogP contribution in [0.1, 0.15) is 41.0 Å². The summed E-state index contributed by atoms with van der Waals surface area (Å²) in [5.74, 6) is 0. The first kappa shape index (κ1) is 26.1. The summed E-state index contributed by atoms with van der Waals surface area (Å²) < 4.78 is 20.9. The molecular formula is C13H35NO4Ti2. The molecule has 0 aliphatic rings. The van der Waals surface area contributed by atoms with Crippen molar-refractivity contribution in [3.05, 3.63) is 0 Å². The summed E-state index contributed by atoms with van der Waals surface area (Å²) in [5, 5.41) is 4.12. The Morgan fingerprint density at radius 3 is 0.950 bits per heavy atom. The molecule has 0 fully saturated rings. The summed E-state index contributed by atoms with van der Waals surface area (Å²) >= 11 is -2.87. The van der Waals surface area contributed by atoms with Gasteiger partial charge in [0.15, 0.2) is 0 Å². The molecule has 0 radical (unpaired) electrons. The van der Waals surface area contributed by atoms with E-state index in [1.165, 1.54) is 0 Å². The Morgan fingerprint density at radius 2 is 0.850 bits per heavy atom. The van der Waals surface area contributed by atoms with E-state index in [4.69, 9.17) is 19.0 Å². The zero-order chi connectivity index (χ0) is 16.2. The van der Waals surface area contributed by atoms with E-state index in [0.717, 1.165) is 39.4 Å². The minimum atomic E-state index is -1.44. The molecule has 0 saturated carbocycles. The van der Waals surface area contributed by atoms with Crippen LogP contribution in [0.25, 0.3) is 0 Å². The fourth-order valence-corrected chi connectivity index (χ4v) is 3.70. The first-order chi connectivity index (χ1) is 9.53. The molecule has 0 saturated heterocycles. The zero-order valence-electron chi connectivity index (χ0n) is 14.5. The molecule has 0 unspecified atom stereocenters. The normalized spacial score (nSPS) is 9.00. The molecule has 2 N–H and O–H groups in total. The van der Waals surface area contributed by atoms with Gasteiger partial charge in [0.05, 0.1) is 0 Å². The van der Waals surface area contributed by atoms with Crippen molar-refractivity contribution in [1.82, 2.24) is 0 Å². The third-order valence-electron chi connectivity index (χ3n) is 1.68. The van der Waals surface area contributed by atoms with Crippen molar-refractivity contribution >= 4 is 0 Å². The van der Waals surface area contributed by atoms with Crippen molar-refractivity contribution in [2.45, 2.75) is 51.5 Å². The third-order valence-corrected chi connectivity index (χ3v) is 6.02. The summed E-state index contributed by atoms with van der Waals surface area (Å²) in [5.41, 5.74) is 5.03. The van der Waals surface area contributed by atoms with Crippen LogP contribution in [0, 0.1) is 0 Å². The number of hydrogen-bond acceptors (Lipinski definition) is 5. The van der Waals surface area contributed by atoms with Crippen molar-refractivity contribution in [1.29, 1.82) is 0 Å². The second kappa shape index (κ2) is 25.2. The number of rotatable bonds is 9. The van der Waals surface area contributed by atoms with E-state index in [0.29, 0.717) is 0 Å². The molecule has 7 heteroatoms. The van der Waals surface area contributed by atoms with Crippen molar-refractivity contribution < 1.29 is 50.6 Å². The molecule has 0 aliphatic carbocycles. The van der Waals surface area contributed by atoms with Crippen LogP contribution >= 0.6 is 0 Å². The van der Waals surface area contributed by atoms with Crippen LogP contribution in [0.2, 0.25) is 10.5 Å². The summed E-state index contributed by atoms with van der Waals surface area (Å²) in [7, 11) is 0. The van der Waals surface area contributed by atoms with Crippen molar-refractivity contribution in [2.24, 2.45) is 5.73 Å². The van der Waals surface area contributed by atoms with Crippen LogP contribution in [0.3, 0.4) is 0 Å². The Morgan fingerprint density at radius 1 is 0.650 bits per heavy atom. The first-order valence-electron chi connectivity index (χ1n) is 7.41. The van der Waals surface area contributed by atoms with E-state index in [1.54, 1.807) is 0 Å². The minimum absolute atomic E-state index is 0.797. The van der Waals surface area contributed by atoms with Crippen molar-refractivity contribution in [2.75, 3.05) is 33.0 Å². The van der Waals surface area contributed by atoms with Gasteiger partial charge in [-0.05, 0) is 13.0 Å². The molecule has 20 heavy (non-hydrogen) atoms. The summed E-state index contributed by atoms with van der Waals surface area (Å²) in [6.07, 6.45) is 1.10. The van der Waals surface area contributed by atoms with Crippen LogP contribution in [-0.4, -0.2) is 33.0 Å². The van der Waals surface area contributed by atoms with Gasteiger partial charge in [-0.3, -0.25) is 0 Å². The molecule has 0 atom stereocenters. The predicted molar refractivity (Wildman–Crippen MR) is 77.6 cm³/mol. The molecule has 0 aliphatic heterocycles. The molecule has 0 aromatic rings. The van der Waals surface area contributed by atoms with Gasteiger partial charge in [-0.15, -0.1) is 0 Å². The van der Waals surface area contributed by atoms with E-state index >= 15 is 0 Å². The van der Waals surface area contributed by atoms with Crippen LogP contribution in [0.4, 0.5) is 0 Å². The Labute approximate surface area is 140 Å². The van der Waals surface area contributed by atoms with Gasteiger partial charge in [-0.2, -0.15) is 0 Å². The average molecular weight is 365 g/mol. The molecule has 124 valence electrons. The van der Waals surface area contributed by atoms with E-state index < -0.39 is 37.3 Å². The molecule has 0 bridgehead atoms. The van der Waals surface area contributed by atoms with Gasteiger partial charge in [0.25, 0.3) is 0 Å². The maximum absolute atomic E-state index is 5.23. The van der Waals surface area contributed by atoms with Gasteiger partial charge in [0, 0.05) is 0 Å². The molecule has 0 aromatic heterocycles. The molecule has 0 aromatic carbocycles. The second-order valence-corrected chi connectivity index (χ2v) is 8.38. The summed E-state index contributed by atoms with van der Waals surface area (Å²) in [4.78, 5) is 0. The molecule has 0 heterocycles. The fourth-order valence-electron chi connectivity index (χ4n) is 0.896. The van der Waals surface area contributed by atoms with Crippen molar-refractivity contribution in [3.8, 4) is 0 Å². The van der Waals surface area contributed by atoms with E-state index in [2.05, 4.69) is 17.4 Å². The molecule has 0 rings (SSSR count). The Bertz CT molecular complexity index is 128. The zero-order valence-corrected chi connectivity index (χ0v) is 17.6. The predicted octanol–water partition coefficient (Wildman–Crippen LogP) is 3.47. The third kappa shape index (κ3) is 31.6. The SMILES string of the molecule is CCCN.CC[O][Ti]([CH3])[O]CC.CC[O][Ti]([CH3])[O]CC. The molecule has 0 spiro atoms. The van der Waals surface area contributed by atoms with Crippen LogP contribution < -0.4 is 5.73 Å². The molecule has 5 nitrogen and oxygen atoms in total.